The lowest BCUT2D eigenvalue weighted by Crippen LogP contribution is -2.45. The molecule has 0 aromatic rings. The van der Waals surface area contributed by atoms with Gasteiger partial charge in [-0.2, -0.15) is 13.2 Å². The maximum Gasteiger partial charge on any atom is 0.403 e. The molecule has 0 rings (SSSR count). The van der Waals surface area contributed by atoms with Crippen LogP contribution in [-0.2, 0) is 0 Å². The minimum absolute atomic E-state index is 0.107. The van der Waals surface area contributed by atoms with Crippen LogP contribution in [0.4, 0.5) is 13.2 Å². The summed E-state index contributed by atoms with van der Waals surface area (Å²) in [5, 5.41) is 2.56. The summed E-state index contributed by atoms with van der Waals surface area (Å²) < 4.78 is 37.9. The molecule has 0 aliphatic heterocycles. The van der Waals surface area contributed by atoms with Gasteiger partial charge in [0.15, 0.2) is 0 Å². The summed E-state index contributed by atoms with van der Waals surface area (Å²) in [6.45, 7) is 7.63. The summed E-state index contributed by atoms with van der Waals surface area (Å²) in [6, 6.07) is -1.55. The van der Waals surface area contributed by atoms with Crippen molar-refractivity contribution in [2.24, 2.45) is 5.92 Å². The van der Waals surface area contributed by atoms with Gasteiger partial charge in [0, 0.05) is 6.04 Å². The molecule has 1 unspecified atom stereocenters. The van der Waals surface area contributed by atoms with Crippen molar-refractivity contribution in [1.82, 2.24) is 5.32 Å². The van der Waals surface area contributed by atoms with E-state index in [-0.39, 0.29) is 12.5 Å². The second kappa shape index (κ2) is 7.75. The number of rotatable bonds is 7. The van der Waals surface area contributed by atoms with Gasteiger partial charge in [0.2, 0.25) is 0 Å². The van der Waals surface area contributed by atoms with E-state index in [9.17, 15) is 13.2 Å². The first-order valence-electron chi connectivity index (χ1n) is 6.21. The Kier molecular flexibility index (Phi) is 7.51. The predicted molar refractivity (Wildman–Crippen MR) is 65.9 cm³/mol. The molecule has 0 aromatic heterocycles. The molecule has 0 fully saturated rings. The summed E-state index contributed by atoms with van der Waals surface area (Å²) in [5.41, 5.74) is 0. The average Bonchev–Trinajstić information content (AvgIpc) is 2.12. The van der Waals surface area contributed by atoms with Crippen molar-refractivity contribution in [3.63, 3.8) is 0 Å². The Labute approximate surface area is 102 Å². The summed E-state index contributed by atoms with van der Waals surface area (Å²) in [7, 11) is 0. The van der Waals surface area contributed by atoms with Gasteiger partial charge >= 0.3 is 6.18 Å². The third kappa shape index (κ3) is 9.22. The molecule has 0 radical (unpaired) electrons. The molecule has 0 aliphatic carbocycles. The fourth-order valence-electron chi connectivity index (χ4n) is 1.49. The molecule has 0 saturated carbocycles. The van der Waals surface area contributed by atoms with Crippen LogP contribution in [-0.4, -0.2) is 18.3 Å². The highest BCUT2D eigenvalue weighted by Crippen LogP contribution is 2.24. The van der Waals surface area contributed by atoms with Gasteiger partial charge in [-0.15, -0.1) is 0 Å². The van der Waals surface area contributed by atoms with Crippen LogP contribution in [0.5, 0.6) is 0 Å². The van der Waals surface area contributed by atoms with Gasteiger partial charge in [0.05, 0.1) is 0 Å². The lowest BCUT2D eigenvalue weighted by atomic mass is 10.1. The molecule has 1 nitrogen and oxygen atoms in total. The lowest BCUT2D eigenvalue weighted by molar-refractivity contribution is -0.158. The number of hydrogen-bond acceptors (Lipinski definition) is 1. The van der Waals surface area contributed by atoms with E-state index in [1.54, 1.807) is 13.8 Å². The van der Waals surface area contributed by atoms with Crippen LogP contribution in [0.3, 0.4) is 0 Å². The van der Waals surface area contributed by atoms with Crippen molar-refractivity contribution in [3.8, 4) is 0 Å². The number of halogens is 3. The smallest absolute Gasteiger partial charge is 0.304 e. The van der Waals surface area contributed by atoms with Crippen molar-refractivity contribution in [2.75, 3.05) is 0 Å². The van der Waals surface area contributed by atoms with Gasteiger partial charge in [-0.05, 0) is 25.2 Å². The first-order chi connectivity index (χ1) is 7.73. The van der Waals surface area contributed by atoms with E-state index in [4.69, 9.17) is 0 Å². The van der Waals surface area contributed by atoms with Crippen molar-refractivity contribution >= 4 is 0 Å². The predicted octanol–water partition coefficient (Wildman–Crippen LogP) is 4.30. The number of allylic oxidation sites excluding steroid dienone is 2. The van der Waals surface area contributed by atoms with Gasteiger partial charge in [0.25, 0.3) is 0 Å². The van der Waals surface area contributed by atoms with Gasteiger partial charge in [-0.25, -0.2) is 0 Å². The van der Waals surface area contributed by atoms with Crippen molar-refractivity contribution in [2.45, 2.75) is 65.2 Å². The van der Waals surface area contributed by atoms with Crippen LogP contribution in [0.25, 0.3) is 0 Å². The zero-order valence-electron chi connectivity index (χ0n) is 11.1. The number of nitrogens with one attached hydrogen (secondary N) is 1. The minimum atomic E-state index is -4.16. The first kappa shape index (κ1) is 16.5. The molecule has 0 saturated heterocycles. The molecule has 0 spiro atoms. The Bertz CT molecular complexity index is 219. The van der Waals surface area contributed by atoms with Gasteiger partial charge < -0.3 is 5.32 Å². The van der Waals surface area contributed by atoms with E-state index in [0.717, 1.165) is 6.42 Å². The van der Waals surface area contributed by atoms with Crippen LogP contribution in [0.15, 0.2) is 12.2 Å². The van der Waals surface area contributed by atoms with E-state index in [1.807, 2.05) is 12.2 Å². The molecule has 0 aromatic carbocycles. The second-order valence-corrected chi connectivity index (χ2v) is 5.09. The maximum atomic E-state index is 12.6. The van der Waals surface area contributed by atoms with Gasteiger partial charge in [0.1, 0.15) is 6.04 Å². The molecule has 0 heterocycles. The third-order valence-corrected chi connectivity index (χ3v) is 2.33. The monoisotopic (exact) mass is 251 g/mol. The number of hydrogen-bond donors (Lipinski definition) is 1. The molecule has 17 heavy (non-hydrogen) atoms. The van der Waals surface area contributed by atoms with Crippen molar-refractivity contribution in [3.05, 3.63) is 12.2 Å². The SMILES string of the molecule is CC(C)C/C=C/CCC(NC(C)C)C(F)(F)F. The van der Waals surface area contributed by atoms with E-state index in [1.165, 1.54) is 0 Å². The summed E-state index contributed by atoms with van der Waals surface area (Å²) in [5.74, 6) is 0.554. The largest absolute Gasteiger partial charge is 0.403 e. The van der Waals surface area contributed by atoms with E-state index in [0.29, 0.717) is 12.3 Å². The van der Waals surface area contributed by atoms with Crippen LogP contribution < -0.4 is 5.32 Å². The van der Waals surface area contributed by atoms with E-state index in [2.05, 4.69) is 19.2 Å². The molecule has 0 amide bonds. The summed E-state index contributed by atoms with van der Waals surface area (Å²) in [4.78, 5) is 0. The van der Waals surface area contributed by atoms with Crippen LogP contribution in [0.2, 0.25) is 0 Å². The van der Waals surface area contributed by atoms with E-state index < -0.39 is 12.2 Å². The van der Waals surface area contributed by atoms with Crippen LogP contribution >= 0.6 is 0 Å². The van der Waals surface area contributed by atoms with Crippen molar-refractivity contribution in [1.29, 1.82) is 0 Å². The highest BCUT2D eigenvalue weighted by atomic mass is 19.4. The molecule has 0 bridgehead atoms. The van der Waals surface area contributed by atoms with Gasteiger partial charge in [-0.1, -0.05) is 39.8 Å². The molecular formula is C13H24F3N. The highest BCUT2D eigenvalue weighted by molar-refractivity contribution is 4.86. The molecule has 4 heteroatoms. The zero-order valence-corrected chi connectivity index (χ0v) is 11.1. The van der Waals surface area contributed by atoms with Crippen LogP contribution in [0.1, 0.15) is 47.0 Å². The molecule has 0 aliphatic rings. The van der Waals surface area contributed by atoms with Crippen LogP contribution in [0, 0.1) is 5.92 Å². The topological polar surface area (TPSA) is 12.0 Å². The Hall–Kier alpha value is -0.510. The zero-order chi connectivity index (χ0) is 13.5. The number of alkyl halides is 3. The lowest BCUT2D eigenvalue weighted by Gasteiger charge is -2.23. The fourth-order valence-corrected chi connectivity index (χ4v) is 1.49. The minimum Gasteiger partial charge on any atom is -0.304 e. The molecular weight excluding hydrogens is 227 g/mol. The standard InChI is InChI=1S/C13H24F3N/c1-10(2)8-6-5-7-9-12(13(14,15)16)17-11(3)4/h5-6,10-12,17H,7-9H2,1-4H3/b6-5+. The Morgan fingerprint density at radius 3 is 2.06 bits per heavy atom. The fraction of sp³-hybridized carbons (Fsp3) is 0.846. The maximum absolute atomic E-state index is 12.6. The van der Waals surface area contributed by atoms with Crippen molar-refractivity contribution < 1.29 is 13.2 Å². The first-order valence-corrected chi connectivity index (χ1v) is 6.21. The molecule has 102 valence electrons. The average molecular weight is 251 g/mol. The Morgan fingerprint density at radius 1 is 1.06 bits per heavy atom. The summed E-state index contributed by atoms with van der Waals surface area (Å²) >= 11 is 0. The Balaban J connectivity index is 4.05. The molecule has 1 atom stereocenters. The highest BCUT2D eigenvalue weighted by Gasteiger charge is 2.38. The normalized spacial score (nSPS) is 15.1. The van der Waals surface area contributed by atoms with Gasteiger partial charge in [-0.3, -0.25) is 0 Å². The third-order valence-electron chi connectivity index (χ3n) is 2.33. The summed E-state index contributed by atoms with van der Waals surface area (Å²) in [6.07, 6.45) is 1.16. The second-order valence-electron chi connectivity index (χ2n) is 5.09. The quantitative estimate of drug-likeness (QED) is 0.665. The Morgan fingerprint density at radius 2 is 1.65 bits per heavy atom. The molecule has 1 N–H and O–H groups in total. The van der Waals surface area contributed by atoms with E-state index >= 15 is 0 Å².